The molecule has 5 heteroatoms. The second-order valence-corrected chi connectivity index (χ2v) is 3.29. The quantitative estimate of drug-likeness (QED) is 0.632. The number of hydrogen-bond acceptors (Lipinski definition) is 3. The van der Waals surface area contributed by atoms with Crippen LogP contribution in [0.3, 0.4) is 0 Å². The van der Waals surface area contributed by atoms with Gasteiger partial charge in [0, 0.05) is 20.1 Å². The van der Waals surface area contributed by atoms with Gasteiger partial charge in [0.05, 0.1) is 12.6 Å². The molecular weight excluding hydrogens is 194 g/mol. The Labute approximate surface area is 91.2 Å². The first-order chi connectivity index (χ1) is 7.06. The van der Waals surface area contributed by atoms with Crippen molar-refractivity contribution in [2.45, 2.75) is 26.8 Å². The van der Waals surface area contributed by atoms with Crippen LogP contribution < -0.4 is 10.6 Å². The molecule has 0 aromatic heterocycles. The van der Waals surface area contributed by atoms with Crippen LogP contribution in [0.15, 0.2) is 0 Å². The average Bonchev–Trinajstić information content (AvgIpc) is 2.26. The van der Waals surface area contributed by atoms with Crippen molar-refractivity contribution in [3.8, 4) is 0 Å². The number of carbonyl (C=O) groups is 2. The van der Waals surface area contributed by atoms with Crippen molar-refractivity contribution in [1.82, 2.24) is 15.5 Å². The van der Waals surface area contributed by atoms with E-state index in [0.717, 1.165) is 0 Å². The fourth-order valence-electron chi connectivity index (χ4n) is 1.23. The predicted molar refractivity (Wildman–Crippen MR) is 59.5 cm³/mol. The first-order valence-electron chi connectivity index (χ1n) is 5.29. The van der Waals surface area contributed by atoms with E-state index in [1.807, 2.05) is 13.8 Å². The zero-order valence-corrected chi connectivity index (χ0v) is 9.96. The minimum atomic E-state index is -0.317. The molecule has 0 aliphatic heterocycles. The van der Waals surface area contributed by atoms with Crippen LogP contribution in [0.4, 0.5) is 0 Å². The van der Waals surface area contributed by atoms with Gasteiger partial charge in [-0.2, -0.15) is 0 Å². The highest BCUT2D eigenvalue weighted by molar-refractivity contribution is 5.83. The molecular formula is C10H21N3O2. The summed E-state index contributed by atoms with van der Waals surface area (Å²) in [4.78, 5) is 24.4. The van der Waals surface area contributed by atoms with E-state index >= 15 is 0 Å². The minimum absolute atomic E-state index is 0.0314. The molecule has 0 fully saturated rings. The maximum atomic E-state index is 11.7. The molecule has 0 saturated carbocycles. The van der Waals surface area contributed by atoms with E-state index < -0.39 is 0 Å². The summed E-state index contributed by atoms with van der Waals surface area (Å²) in [5.41, 5.74) is 0. The molecule has 0 aromatic rings. The van der Waals surface area contributed by atoms with Gasteiger partial charge in [0.15, 0.2) is 0 Å². The number of hydrogen-bond donors (Lipinski definition) is 2. The third kappa shape index (κ3) is 4.78. The van der Waals surface area contributed by atoms with Gasteiger partial charge in [-0.25, -0.2) is 0 Å². The number of nitrogens with one attached hydrogen (secondary N) is 2. The average molecular weight is 215 g/mol. The van der Waals surface area contributed by atoms with Crippen LogP contribution in [-0.2, 0) is 9.59 Å². The smallest absolute Gasteiger partial charge is 0.239 e. The molecule has 5 nitrogen and oxygen atoms in total. The highest BCUT2D eigenvalue weighted by atomic mass is 16.2. The first-order valence-corrected chi connectivity index (χ1v) is 5.29. The maximum absolute atomic E-state index is 11.7. The Balaban J connectivity index is 4.03. The number of rotatable bonds is 6. The van der Waals surface area contributed by atoms with Crippen molar-refractivity contribution >= 4 is 11.8 Å². The Hall–Kier alpha value is -1.10. The van der Waals surface area contributed by atoms with Gasteiger partial charge in [-0.05, 0) is 20.8 Å². The Morgan fingerprint density at radius 2 is 1.80 bits per heavy atom. The lowest BCUT2D eigenvalue weighted by Gasteiger charge is -2.23. The zero-order valence-electron chi connectivity index (χ0n) is 9.96. The summed E-state index contributed by atoms with van der Waals surface area (Å²) in [6.07, 6.45) is 0. The standard InChI is InChI=1S/C10H21N3O2/c1-5-13(6-2)10(15)8(3)12-7-9(14)11-4/h8,12H,5-7H2,1-4H3,(H,11,14). The van der Waals surface area contributed by atoms with Crippen molar-refractivity contribution in [1.29, 1.82) is 0 Å². The van der Waals surface area contributed by atoms with Crippen molar-refractivity contribution in [3.05, 3.63) is 0 Å². The van der Waals surface area contributed by atoms with Crippen LogP contribution in [0.2, 0.25) is 0 Å². The van der Waals surface area contributed by atoms with Crippen molar-refractivity contribution in [3.63, 3.8) is 0 Å². The minimum Gasteiger partial charge on any atom is -0.358 e. The van der Waals surface area contributed by atoms with E-state index in [-0.39, 0.29) is 24.4 Å². The molecule has 2 amide bonds. The van der Waals surface area contributed by atoms with Crippen LogP contribution in [0.1, 0.15) is 20.8 Å². The number of likely N-dealkylation sites (N-methyl/N-ethyl adjacent to an activating group) is 2. The molecule has 0 saturated heterocycles. The molecule has 0 bridgehead atoms. The summed E-state index contributed by atoms with van der Waals surface area (Å²) in [7, 11) is 1.57. The third-order valence-electron chi connectivity index (χ3n) is 2.29. The molecule has 0 heterocycles. The summed E-state index contributed by atoms with van der Waals surface area (Å²) < 4.78 is 0. The molecule has 0 spiro atoms. The highest BCUT2D eigenvalue weighted by Gasteiger charge is 2.17. The van der Waals surface area contributed by atoms with Crippen molar-refractivity contribution in [2.75, 3.05) is 26.7 Å². The lowest BCUT2D eigenvalue weighted by molar-refractivity contribution is -0.132. The monoisotopic (exact) mass is 215 g/mol. The maximum Gasteiger partial charge on any atom is 0.239 e. The van der Waals surface area contributed by atoms with Crippen molar-refractivity contribution in [2.24, 2.45) is 0 Å². The number of nitrogens with zero attached hydrogens (tertiary/aromatic N) is 1. The highest BCUT2D eigenvalue weighted by Crippen LogP contribution is 1.94. The van der Waals surface area contributed by atoms with Gasteiger partial charge in [0.25, 0.3) is 0 Å². The SMILES string of the molecule is CCN(CC)C(=O)C(C)NCC(=O)NC. The molecule has 0 aromatic carbocycles. The van der Waals surface area contributed by atoms with Gasteiger partial charge in [0.2, 0.25) is 11.8 Å². The lowest BCUT2D eigenvalue weighted by Crippen LogP contribution is -2.47. The van der Waals surface area contributed by atoms with E-state index in [1.165, 1.54) is 0 Å². The second-order valence-electron chi connectivity index (χ2n) is 3.29. The normalized spacial score (nSPS) is 12.0. The summed E-state index contributed by atoms with van der Waals surface area (Å²) >= 11 is 0. The summed E-state index contributed by atoms with van der Waals surface area (Å²) in [6.45, 7) is 7.21. The van der Waals surface area contributed by atoms with Crippen LogP contribution in [0.5, 0.6) is 0 Å². The molecule has 88 valence electrons. The van der Waals surface area contributed by atoms with Gasteiger partial charge < -0.3 is 10.2 Å². The topological polar surface area (TPSA) is 61.4 Å². The number of carbonyl (C=O) groups excluding carboxylic acids is 2. The Morgan fingerprint density at radius 1 is 1.27 bits per heavy atom. The van der Waals surface area contributed by atoms with Crippen LogP contribution in [0, 0.1) is 0 Å². The van der Waals surface area contributed by atoms with Crippen LogP contribution >= 0.6 is 0 Å². The fraction of sp³-hybridized carbons (Fsp3) is 0.800. The predicted octanol–water partition coefficient (Wildman–Crippen LogP) is -0.421. The molecule has 15 heavy (non-hydrogen) atoms. The van der Waals surface area contributed by atoms with E-state index in [2.05, 4.69) is 10.6 Å². The molecule has 0 aliphatic rings. The third-order valence-corrected chi connectivity index (χ3v) is 2.29. The van der Waals surface area contributed by atoms with E-state index in [4.69, 9.17) is 0 Å². The Morgan fingerprint density at radius 3 is 2.20 bits per heavy atom. The summed E-state index contributed by atoms with van der Waals surface area (Å²) in [5, 5.41) is 5.37. The lowest BCUT2D eigenvalue weighted by atomic mass is 10.2. The van der Waals surface area contributed by atoms with Gasteiger partial charge >= 0.3 is 0 Å². The molecule has 0 aliphatic carbocycles. The Kier molecular flexibility index (Phi) is 6.70. The van der Waals surface area contributed by atoms with Crippen molar-refractivity contribution < 1.29 is 9.59 Å². The largest absolute Gasteiger partial charge is 0.358 e. The van der Waals surface area contributed by atoms with E-state index in [0.29, 0.717) is 13.1 Å². The van der Waals surface area contributed by atoms with Gasteiger partial charge in [-0.15, -0.1) is 0 Å². The van der Waals surface area contributed by atoms with Gasteiger partial charge in [-0.1, -0.05) is 0 Å². The summed E-state index contributed by atoms with van der Waals surface area (Å²) in [5.74, 6) is -0.0851. The Bertz CT molecular complexity index is 215. The second kappa shape index (κ2) is 7.23. The first kappa shape index (κ1) is 13.9. The molecule has 1 atom stereocenters. The molecule has 2 N–H and O–H groups in total. The van der Waals surface area contributed by atoms with E-state index in [9.17, 15) is 9.59 Å². The number of amides is 2. The van der Waals surface area contributed by atoms with Gasteiger partial charge in [0.1, 0.15) is 0 Å². The zero-order chi connectivity index (χ0) is 11.8. The molecule has 1 unspecified atom stereocenters. The van der Waals surface area contributed by atoms with Gasteiger partial charge in [-0.3, -0.25) is 14.9 Å². The fourth-order valence-corrected chi connectivity index (χ4v) is 1.23. The molecule has 0 rings (SSSR count). The van der Waals surface area contributed by atoms with E-state index in [1.54, 1.807) is 18.9 Å². The van der Waals surface area contributed by atoms with Crippen LogP contribution in [0.25, 0.3) is 0 Å². The molecule has 0 radical (unpaired) electrons. The summed E-state index contributed by atoms with van der Waals surface area (Å²) in [6, 6.07) is -0.317. The van der Waals surface area contributed by atoms with Crippen LogP contribution in [-0.4, -0.2) is 49.4 Å².